The quantitative estimate of drug-likeness (QED) is 0.902. The average Bonchev–Trinajstić information content (AvgIpc) is 3.22. The number of aromatic nitrogens is 2. The minimum atomic E-state index is -0.430. The summed E-state index contributed by atoms with van der Waals surface area (Å²) in [4.78, 5) is 2.37. The number of hydrogen-bond acceptors (Lipinski definition) is 5. The Morgan fingerprint density at radius 2 is 2.04 bits per heavy atom. The van der Waals surface area contributed by atoms with E-state index in [0.717, 1.165) is 37.3 Å². The van der Waals surface area contributed by atoms with Gasteiger partial charge in [-0.2, -0.15) is 5.10 Å². The van der Waals surface area contributed by atoms with Gasteiger partial charge in [-0.05, 0) is 43.1 Å². The summed E-state index contributed by atoms with van der Waals surface area (Å²) >= 11 is 0. The van der Waals surface area contributed by atoms with Crippen LogP contribution in [0.2, 0.25) is 0 Å². The maximum absolute atomic E-state index is 10.4. The van der Waals surface area contributed by atoms with Gasteiger partial charge in [0.15, 0.2) is 11.5 Å². The molecule has 0 radical (unpaired) electrons. The molecule has 134 valence electrons. The highest BCUT2D eigenvalue weighted by atomic mass is 16.5. The fraction of sp³-hybridized carbons (Fsp3) is 0.526. The first-order valence-corrected chi connectivity index (χ1v) is 9.09. The maximum atomic E-state index is 10.4. The van der Waals surface area contributed by atoms with Crippen LogP contribution in [0.4, 0.5) is 0 Å². The Labute approximate surface area is 148 Å². The Morgan fingerprint density at radius 3 is 2.88 bits per heavy atom. The van der Waals surface area contributed by atoms with Crippen molar-refractivity contribution in [1.29, 1.82) is 0 Å². The smallest absolute Gasteiger partial charge is 0.161 e. The van der Waals surface area contributed by atoms with Crippen LogP contribution in [0, 0.1) is 0 Å². The summed E-state index contributed by atoms with van der Waals surface area (Å²) in [7, 11) is 0. The van der Waals surface area contributed by atoms with Crippen LogP contribution in [0.1, 0.15) is 30.9 Å². The topological polar surface area (TPSA) is 59.8 Å². The lowest BCUT2D eigenvalue weighted by atomic mass is 10.0. The number of aliphatic hydroxyl groups excluding tert-OH is 1. The van der Waals surface area contributed by atoms with E-state index in [4.69, 9.17) is 9.47 Å². The van der Waals surface area contributed by atoms with Crippen LogP contribution in [-0.2, 0) is 6.54 Å². The Balaban J connectivity index is 1.45. The zero-order valence-electron chi connectivity index (χ0n) is 14.4. The first-order valence-electron chi connectivity index (χ1n) is 9.09. The van der Waals surface area contributed by atoms with Gasteiger partial charge >= 0.3 is 0 Å². The van der Waals surface area contributed by atoms with Crippen molar-refractivity contribution in [2.24, 2.45) is 0 Å². The molecule has 2 aromatic rings. The molecule has 6 heteroatoms. The average molecular weight is 343 g/mol. The zero-order chi connectivity index (χ0) is 17.1. The van der Waals surface area contributed by atoms with Gasteiger partial charge in [0, 0.05) is 31.4 Å². The number of fused-ring (bicyclic) bond motifs is 1. The molecule has 3 heterocycles. The van der Waals surface area contributed by atoms with Gasteiger partial charge in [0.25, 0.3) is 0 Å². The van der Waals surface area contributed by atoms with E-state index in [1.54, 1.807) is 10.9 Å². The van der Waals surface area contributed by atoms with Gasteiger partial charge in [0.1, 0.15) is 0 Å². The molecule has 4 rings (SSSR count). The molecule has 1 N–H and O–H groups in total. The molecule has 1 saturated heterocycles. The molecule has 0 bridgehead atoms. The molecule has 0 amide bonds. The van der Waals surface area contributed by atoms with E-state index in [1.807, 2.05) is 18.3 Å². The Bertz CT molecular complexity index is 689. The van der Waals surface area contributed by atoms with Gasteiger partial charge in [-0.15, -0.1) is 0 Å². The summed E-state index contributed by atoms with van der Waals surface area (Å²) in [5.74, 6) is 1.68. The fourth-order valence-electron chi connectivity index (χ4n) is 3.76. The van der Waals surface area contributed by atoms with E-state index in [1.165, 1.54) is 5.56 Å². The first kappa shape index (κ1) is 16.4. The van der Waals surface area contributed by atoms with Crippen molar-refractivity contribution >= 4 is 0 Å². The lowest BCUT2D eigenvalue weighted by Crippen LogP contribution is -2.34. The van der Waals surface area contributed by atoms with Crippen molar-refractivity contribution in [3.63, 3.8) is 0 Å². The summed E-state index contributed by atoms with van der Waals surface area (Å²) in [5.41, 5.74) is 1.24. The van der Waals surface area contributed by atoms with E-state index in [-0.39, 0.29) is 0 Å². The number of rotatable bonds is 5. The zero-order valence-corrected chi connectivity index (χ0v) is 14.4. The molecule has 0 unspecified atom stereocenters. The van der Waals surface area contributed by atoms with Crippen molar-refractivity contribution < 1.29 is 14.6 Å². The highest BCUT2D eigenvalue weighted by Gasteiger charge is 2.28. The standard InChI is InChI=1S/C19H25N3O3/c23-16(14-22-9-2-7-20-22)13-21-8-1-4-17(21)15-5-6-18-19(12-15)25-11-3-10-24-18/h2,5-7,9,12,16-17,23H,1,3-4,8,10-11,13-14H2/t16-,17+/m1/s1. The van der Waals surface area contributed by atoms with Crippen LogP contribution >= 0.6 is 0 Å². The molecule has 0 saturated carbocycles. The molecule has 2 aliphatic rings. The molecular weight excluding hydrogens is 318 g/mol. The van der Waals surface area contributed by atoms with Gasteiger partial charge in [0.2, 0.25) is 0 Å². The molecule has 1 aromatic heterocycles. The predicted molar refractivity (Wildman–Crippen MR) is 93.8 cm³/mol. The Hall–Kier alpha value is -2.05. The molecule has 25 heavy (non-hydrogen) atoms. The van der Waals surface area contributed by atoms with Gasteiger partial charge < -0.3 is 14.6 Å². The molecule has 1 aromatic carbocycles. The third kappa shape index (κ3) is 3.80. The normalized spacial score (nSPS) is 21.9. The molecule has 2 atom stereocenters. The summed E-state index contributed by atoms with van der Waals surface area (Å²) < 4.78 is 13.3. The van der Waals surface area contributed by atoms with E-state index in [2.05, 4.69) is 22.1 Å². The van der Waals surface area contributed by atoms with Gasteiger partial charge in [-0.3, -0.25) is 9.58 Å². The number of hydrogen-bond donors (Lipinski definition) is 1. The molecule has 6 nitrogen and oxygen atoms in total. The number of β-amino-alcohol motifs (C(OH)–C–C–N with tert-alkyl or cyclic N) is 1. The van der Waals surface area contributed by atoms with E-state index in [0.29, 0.717) is 32.3 Å². The first-order chi connectivity index (χ1) is 12.3. The van der Waals surface area contributed by atoms with Crippen LogP contribution in [0.5, 0.6) is 11.5 Å². The number of ether oxygens (including phenoxy) is 2. The van der Waals surface area contributed by atoms with Gasteiger partial charge in [0.05, 0.1) is 25.9 Å². The van der Waals surface area contributed by atoms with Crippen LogP contribution in [0.25, 0.3) is 0 Å². The second-order valence-electron chi connectivity index (χ2n) is 6.79. The van der Waals surface area contributed by atoms with Crippen molar-refractivity contribution in [2.45, 2.75) is 38.0 Å². The summed E-state index contributed by atoms with van der Waals surface area (Å²) in [6.07, 6.45) is 6.36. The summed E-state index contributed by atoms with van der Waals surface area (Å²) in [5, 5.41) is 14.6. The lowest BCUT2D eigenvalue weighted by molar-refractivity contribution is 0.0890. The number of benzene rings is 1. The maximum Gasteiger partial charge on any atom is 0.161 e. The number of nitrogens with zero attached hydrogens (tertiary/aromatic N) is 3. The third-order valence-electron chi connectivity index (χ3n) is 4.92. The SMILES string of the molecule is O[C@H](CN1CCC[C@H]1c1ccc2c(c1)OCCCO2)Cn1cccn1. The van der Waals surface area contributed by atoms with Crippen LogP contribution in [0.3, 0.4) is 0 Å². The van der Waals surface area contributed by atoms with E-state index < -0.39 is 6.10 Å². The van der Waals surface area contributed by atoms with Crippen LogP contribution in [0.15, 0.2) is 36.7 Å². The van der Waals surface area contributed by atoms with Gasteiger partial charge in [-0.25, -0.2) is 0 Å². The molecule has 0 aliphatic carbocycles. The predicted octanol–water partition coefficient (Wildman–Crippen LogP) is 2.24. The van der Waals surface area contributed by atoms with Crippen molar-refractivity contribution in [2.75, 3.05) is 26.3 Å². The highest BCUT2D eigenvalue weighted by molar-refractivity contribution is 5.44. The Morgan fingerprint density at radius 1 is 1.16 bits per heavy atom. The molecule has 0 spiro atoms. The number of likely N-dealkylation sites (tertiary alicyclic amines) is 1. The van der Waals surface area contributed by atoms with Crippen molar-refractivity contribution in [1.82, 2.24) is 14.7 Å². The van der Waals surface area contributed by atoms with Crippen LogP contribution in [-0.4, -0.2) is 52.2 Å². The molecule has 1 fully saturated rings. The lowest BCUT2D eigenvalue weighted by Gasteiger charge is -2.27. The van der Waals surface area contributed by atoms with Crippen LogP contribution < -0.4 is 9.47 Å². The number of aliphatic hydroxyl groups is 1. The monoisotopic (exact) mass is 343 g/mol. The van der Waals surface area contributed by atoms with Crippen molar-refractivity contribution in [3.05, 3.63) is 42.2 Å². The molecule has 2 aliphatic heterocycles. The van der Waals surface area contributed by atoms with Crippen molar-refractivity contribution in [3.8, 4) is 11.5 Å². The second kappa shape index (κ2) is 7.45. The summed E-state index contributed by atoms with van der Waals surface area (Å²) in [6.45, 7) is 3.60. The summed E-state index contributed by atoms with van der Waals surface area (Å²) in [6, 6.07) is 8.47. The second-order valence-corrected chi connectivity index (χ2v) is 6.79. The highest BCUT2D eigenvalue weighted by Crippen LogP contribution is 2.37. The van der Waals surface area contributed by atoms with E-state index in [9.17, 15) is 5.11 Å². The minimum absolute atomic E-state index is 0.324. The largest absolute Gasteiger partial charge is 0.490 e. The van der Waals surface area contributed by atoms with Gasteiger partial charge in [-0.1, -0.05) is 6.07 Å². The van der Waals surface area contributed by atoms with E-state index >= 15 is 0 Å². The fourth-order valence-corrected chi connectivity index (χ4v) is 3.76. The minimum Gasteiger partial charge on any atom is -0.490 e. The third-order valence-corrected chi connectivity index (χ3v) is 4.92. The Kier molecular flexibility index (Phi) is 4.90. The molecular formula is C19H25N3O3.